The fraction of sp³-hybridized carbons (Fsp3) is 0.375. The molecular formula is C16H21N5. The zero-order valence-corrected chi connectivity index (χ0v) is 12.5. The molecule has 1 aliphatic rings. The van der Waals surface area contributed by atoms with Gasteiger partial charge in [0.2, 0.25) is 5.95 Å². The Bertz CT molecular complexity index is 608. The monoisotopic (exact) mass is 283 g/mol. The third kappa shape index (κ3) is 2.97. The molecule has 3 rings (SSSR count). The molecule has 1 aromatic carbocycles. The molecule has 1 aromatic heterocycles. The van der Waals surface area contributed by atoms with Crippen LogP contribution in [0.25, 0.3) is 11.3 Å². The van der Waals surface area contributed by atoms with Gasteiger partial charge in [-0.2, -0.15) is 0 Å². The van der Waals surface area contributed by atoms with Crippen molar-refractivity contribution in [2.24, 2.45) is 0 Å². The van der Waals surface area contributed by atoms with Crippen molar-refractivity contribution < 1.29 is 0 Å². The average Bonchev–Trinajstić information content (AvgIpc) is 2.97. The van der Waals surface area contributed by atoms with Gasteiger partial charge in [0.15, 0.2) is 0 Å². The van der Waals surface area contributed by atoms with E-state index in [9.17, 15) is 0 Å². The summed E-state index contributed by atoms with van der Waals surface area (Å²) in [4.78, 5) is 12.9. The van der Waals surface area contributed by atoms with Crippen LogP contribution in [0.2, 0.25) is 0 Å². The van der Waals surface area contributed by atoms with Crippen molar-refractivity contribution in [2.45, 2.75) is 12.5 Å². The van der Waals surface area contributed by atoms with Gasteiger partial charge in [-0.1, -0.05) is 12.1 Å². The number of benzene rings is 1. The summed E-state index contributed by atoms with van der Waals surface area (Å²) in [5, 5.41) is 0. The van der Waals surface area contributed by atoms with Crippen molar-refractivity contribution in [3.05, 3.63) is 36.5 Å². The lowest BCUT2D eigenvalue weighted by Gasteiger charge is -2.22. The zero-order valence-electron chi connectivity index (χ0n) is 12.5. The highest BCUT2D eigenvalue weighted by molar-refractivity contribution is 5.63. The van der Waals surface area contributed by atoms with Crippen LogP contribution in [0.1, 0.15) is 6.42 Å². The van der Waals surface area contributed by atoms with Gasteiger partial charge in [0, 0.05) is 36.6 Å². The molecule has 1 atom stereocenters. The maximum atomic E-state index is 5.63. The molecule has 5 nitrogen and oxygen atoms in total. The summed E-state index contributed by atoms with van der Waals surface area (Å²) in [7, 11) is 4.30. The first-order valence-corrected chi connectivity index (χ1v) is 7.24. The van der Waals surface area contributed by atoms with Gasteiger partial charge in [0.1, 0.15) is 0 Å². The van der Waals surface area contributed by atoms with Crippen LogP contribution < -0.4 is 10.6 Å². The molecule has 5 heteroatoms. The Morgan fingerprint density at radius 3 is 2.57 bits per heavy atom. The third-order valence-electron chi connectivity index (χ3n) is 4.10. The Hall–Kier alpha value is -2.14. The first-order chi connectivity index (χ1) is 10.1. The minimum absolute atomic E-state index is 0.310. The van der Waals surface area contributed by atoms with Crippen LogP contribution in [0.15, 0.2) is 36.5 Å². The second-order valence-electron chi connectivity index (χ2n) is 5.70. The number of hydrogen-bond donors (Lipinski definition) is 1. The van der Waals surface area contributed by atoms with Gasteiger partial charge >= 0.3 is 0 Å². The first kappa shape index (κ1) is 13.8. The second kappa shape index (κ2) is 5.69. The normalized spacial score (nSPS) is 18.4. The maximum Gasteiger partial charge on any atom is 0.220 e. The highest BCUT2D eigenvalue weighted by Crippen LogP contribution is 2.25. The van der Waals surface area contributed by atoms with Crippen LogP contribution in [-0.2, 0) is 0 Å². The third-order valence-corrected chi connectivity index (χ3v) is 4.10. The summed E-state index contributed by atoms with van der Waals surface area (Å²) < 4.78 is 0. The predicted molar refractivity (Wildman–Crippen MR) is 86.2 cm³/mol. The van der Waals surface area contributed by atoms with Gasteiger partial charge in [0.05, 0.1) is 5.69 Å². The lowest BCUT2D eigenvalue weighted by Crippen LogP contribution is -2.31. The quantitative estimate of drug-likeness (QED) is 0.932. The summed E-state index contributed by atoms with van der Waals surface area (Å²) in [6.45, 7) is 2.20. The highest BCUT2D eigenvalue weighted by atomic mass is 15.2. The molecule has 0 saturated carbocycles. The van der Waals surface area contributed by atoms with Gasteiger partial charge in [-0.25, -0.2) is 9.97 Å². The standard InChI is InChI=1S/C16H21N5/c1-20(2)14-8-10-21(11-14)13-5-3-12(4-6-13)15-7-9-18-16(17)19-15/h3-7,9,14H,8,10-11H2,1-2H3,(H2,17,18,19). The number of anilines is 2. The van der Waals surface area contributed by atoms with E-state index in [1.807, 2.05) is 6.07 Å². The van der Waals surface area contributed by atoms with Crippen molar-refractivity contribution in [1.29, 1.82) is 0 Å². The van der Waals surface area contributed by atoms with E-state index in [2.05, 4.69) is 58.1 Å². The molecule has 2 aromatic rings. The summed E-state index contributed by atoms with van der Waals surface area (Å²) in [6, 6.07) is 11.0. The van der Waals surface area contributed by atoms with Crippen LogP contribution in [0.4, 0.5) is 11.6 Å². The Labute approximate surface area is 125 Å². The van der Waals surface area contributed by atoms with E-state index >= 15 is 0 Å². The van der Waals surface area contributed by atoms with E-state index in [0.717, 1.165) is 24.3 Å². The largest absolute Gasteiger partial charge is 0.370 e. The molecule has 21 heavy (non-hydrogen) atoms. The van der Waals surface area contributed by atoms with Crippen LogP contribution in [-0.4, -0.2) is 48.1 Å². The SMILES string of the molecule is CN(C)C1CCN(c2ccc(-c3ccnc(N)n3)cc2)C1. The molecule has 2 N–H and O–H groups in total. The van der Waals surface area contributed by atoms with Crippen molar-refractivity contribution in [3.8, 4) is 11.3 Å². The fourth-order valence-corrected chi connectivity index (χ4v) is 2.78. The molecule has 0 bridgehead atoms. The maximum absolute atomic E-state index is 5.63. The smallest absolute Gasteiger partial charge is 0.220 e. The van der Waals surface area contributed by atoms with Gasteiger partial charge in [-0.15, -0.1) is 0 Å². The Balaban J connectivity index is 1.76. The molecule has 0 aliphatic carbocycles. The predicted octanol–water partition coefficient (Wildman–Crippen LogP) is 1.87. The van der Waals surface area contributed by atoms with E-state index in [1.165, 1.54) is 12.1 Å². The van der Waals surface area contributed by atoms with Gasteiger partial charge in [-0.3, -0.25) is 0 Å². The van der Waals surface area contributed by atoms with Gasteiger partial charge in [-0.05, 0) is 38.7 Å². The molecule has 0 radical (unpaired) electrons. The minimum Gasteiger partial charge on any atom is -0.370 e. The lowest BCUT2D eigenvalue weighted by atomic mass is 10.1. The summed E-state index contributed by atoms with van der Waals surface area (Å²) >= 11 is 0. The molecule has 1 aliphatic heterocycles. The Morgan fingerprint density at radius 2 is 1.95 bits per heavy atom. The molecule has 0 spiro atoms. The number of nitrogen functional groups attached to an aromatic ring is 1. The Morgan fingerprint density at radius 1 is 1.19 bits per heavy atom. The summed E-state index contributed by atoms with van der Waals surface area (Å²) in [5.74, 6) is 0.310. The average molecular weight is 283 g/mol. The zero-order chi connectivity index (χ0) is 14.8. The number of nitrogens with zero attached hydrogens (tertiary/aromatic N) is 4. The molecular weight excluding hydrogens is 262 g/mol. The second-order valence-corrected chi connectivity index (χ2v) is 5.70. The molecule has 1 fully saturated rings. The van der Waals surface area contributed by atoms with Crippen LogP contribution in [0, 0.1) is 0 Å². The van der Waals surface area contributed by atoms with E-state index < -0.39 is 0 Å². The lowest BCUT2D eigenvalue weighted by molar-refractivity contribution is 0.315. The number of aromatic nitrogens is 2. The van der Waals surface area contributed by atoms with Crippen LogP contribution in [0.3, 0.4) is 0 Å². The first-order valence-electron chi connectivity index (χ1n) is 7.24. The van der Waals surface area contributed by atoms with Crippen molar-refractivity contribution in [3.63, 3.8) is 0 Å². The summed E-state index contributed by atoms with van der Waals surface area (Å²) in [6.07, 6.45) is 2.91. The van der Waals surface area contributed by atoms with Crippen LogP contribution >= 0.6 is 0 Å². The van der Waals surface area contributed by atoms with Crippen molar-refractivity contribution in [2.75, 3.05) is 37.8 Å². The number of hydrogen-bond acceptors (Lipinski definition) is 5. The van der Waals surface area contributed by atoms with Crippen LogP contribution in [0.5, 0.6) is 0 Å². The van der Waals surface area contributed by atoms with E-state index in [0.29, 0.717) is 12.0 Å². The minimum atomic E-state index is 0.310. The summed E-state index contributed by atoms with van der Waals surface area (Å²) in [5.41, 5.74) is 8.83. The molecule has 2 heterocycles. The van der Waals surface area contributed by atoms with Gasteiger partial charge < -0.3 is 15.5 Å². The molecule has 0 amide bonds. The number of nitrogens with two attached hydrogens (primary N) is 1. The topological polar surface area (TPSA) is 58.3 Å². The van der Waals surface area contributed by atoms with E-state index in [-0.39, 0.29) is 0 Å². The number of rotatable bonds is 3. The highest BCUT2D eigenvalue weighted by Gasteiger charge is 2.23. The molecule has 1 unspecified atom stereocenters. The number of likely N-dealkylation sites (N-methyl/N-ethyl adjacent to an activating group) is 1. The van der Waals surface area contributed by atoms with E-state index in [1.54, 1.807) is 6.20 Å². The van der Waals surface area contributed by atoms with Crippen molar-refractivity contribution in [1.82, 2.24) is 14.9 Å². The van der Waals surface area contributed by atoms with Gasteiger partial charge in [0.25, 0.3) is 0 Å². The van der Waals surface area contributed by atoms with Crippen molar-refractivity contribution >= 4 is 11.6 Å². The fourth-order valence-electron chi connectivity index (χ4n) is 2.78. The van der Waals surface area contributed by atoms with E-state index in [4.69, 9.17) is 5.73 Å². The molecule has 110 valence electrons. The molecule has 1 saturated heterocycles. The Kier molecular flexibility index (Phi) is 3.75.